The van der Waals surface area contributed by atoms with Gasteiger partial charge in [-0.1, -0.05) is 35.3 Å². The Hall–Kier alpha value is -1.14. The zero-order chi connectivity index (χ0) is 14.6. The van der Waals surface area contributed by atoms with Gasteiger partial charge in [0, 0.05) is 17.8 Å². The smallest absolute Gasteiger partial charge is 0.240 e. The third-order valence-corrected chi connectivity index (χ3v) is 4.50. The molecule has 0 aliphatic heterocycles. The van der Waals surface area contributed by atoms with E-state index in [1.165, 1.54) is 18.3 Å². The summed E-state index contributed by atoms with van der Waals surface area (Å²) in [6.45, 7) is 0.280. The summed E-state index contributed by atoms with van der Waals surface area (Å²) in [6, 6.07) is 10.0. The van der Waals surface area contributed by atoms with E-state index in [-0.39, 0.29) is 16.6 Å². The molecule has 0 radical (unpaired) electrons. The van der Waals surface area contributed by atoms with Crippen LogP contribution in [-0.2, 0) is 16.4 Å². The number of hydrogen-bond acceptors (Lipinski definition) is 3. The van der Waals surface area contributed by atoms with Crippen molar-refractivity contribution in [2.24, 2.45) is 0 Å². The Labute approximate surface area is 127 Å². The van der Waals surface area contributed by atoms with Gasteiger partial charge in [-0.25, -0.2) is 18.1 Å². The normalized spacial score (nSPS) is 11.5. The van der Waals surface area contributed by atoms with Crippen LogP contribution in [-0.4, -0.2) is 19.9 Å². The number of nitrogens with one attached hydrogen (secondary N) is 1. The van der Waals surface area contributed by atoms with Crippen molar-refractivity contribution in [2.45, 2.75) is 11.3 Å². The van der Waals surface area contributed by atoms with E-state index < -0.39 is 10.0 Å². The van der Waals surface area contributed by atoms with Crippen LogP contribution in [0.25, 0.3) is 0 Å². The molecule has 1 aromatic carbocycles. The van der Waals surface area contributed by atoms with Crippen LogP contribution < -0.4 is 4.72 Å². The van der Waals surface area contributed by atoms with Crippen LogP contribution in [0.4, 0.5) is 0 Å². The van der Waals surface area contributed by atoms with E-state index >= 15 is 0 Å². The van der Waals surface area contributed by atoms with Gasteiger partial charge in [0.2, 0.25) is 10.0 Å². The molecule has 0 aliphatic rings. The van der Waals surface area contributed by atoms with Crippen molar-refractivity contribution in [1.29, 1.82) is 0 Å². The van der Waals surface area contributed by atoms with Crippen LogP contribution in [0.1, 0.15) is 5.56 Å². The van der Waals surface area contributed by atoms with Gasteiger partial charge in [-0.05, 0) is 36.2 Å². The molecule has 0 bridgehead atoms. The minimum atomic E-state index is -3.57. The van der Waals surface area contributed by atoms with Crippen molar-refractivity contribution in [3.8, 4) is 0 Å². The van der Waals surface area contributed by atoms with E-state index in [2.05, 4.69) is 9.71 Å². The van der Waals surface area contributed by atoms with Crippen LogP contribution in [0.15, 0.2) is 47.5 Å². The summed E-state index contributed by atoms with van der Waals surface area (Å²) in [6.07, 6.45) is 1.91. The highest BCUT2D eigenvalue weighted by Gasteiger charge is 2.13. The van der Waals surface area contributed by atoms with Crippen molar-refractivity contribution in [3.63, 3.8) is 0 Å². The first-order valence-electron chi connectivity index (χ1n) is 5.83. The van der Waals surface area contributed by atoms with Crippen LogP contribution >= 0.6 is 23.2 Å². The van der Waals surface area contributed by atoms with Gasteiger partial charge in [0.25, 0.3) is 0 Å². The van der Waals surface area contributed by atoms with Crippen molar-refractivity contribution >= 4 is 33.2 Å². The van der Waals surface area contributed by atoms with Gasteiger partial charge in [-0.2, -0.15) is 0 Å². The molecule has 0 unspecified atom stereocenters. The third-order valence-electron chi connectivity index (χ3n) is 2.60. The average Bonchev–Trinajstić information content (AvgIpc) is 2.38. The van der Waals surface area contributed by atoms with Gasteiger partial charge >= 0.3 is 0 Å². The van der Waals surface area contributed by atoms with Gasteiger partial charge in [-0.15, -0.1) is 0 Å². The maximum absolute atomic E-state index is 12.0. The number of halogens is 2. The SMILES string of the molecule is O=S(=O)(NCCc1cccc(Cl)c1)c1ccnc(Cl)c1. The van der Waals surface area contributed by atoms with Gasteiger partial charge in [0.15, 0.2) is 0 Å². The summed E-state index contributed by atoms with van der Waals surface area (Å²) in [5.41, 5.74) is 0.966. The lowest BCUT2D eigenvalue weighted by Crippen LogP contribution is -2.26. The van der Waals surface area contributed by atoms with E-state index in [9.17, 15) is 8.42 Å². The molecular weight excluding hydrogens is 319 g/mol. The summed E-state index contributed by atoms with van der Waals surface area (Å²) < 4.78 is 26.5. The van der Waals surface area contributed by atoms with E-state index in [0.717, 1.165) is 5.56 Å². The van der Waals surface area contributed by atoms with Crippen LogP contribution in [0.5, 0.6) is 0 Å². The standard InChI is InChI=1S/C13H12Cl2N2O2S/c14-11-3-1-2-10(8-11)4-7-17-20(18,19)12-5-6-16-13(15)9-12/h1-3,5-6,8-9,17H,4,7H2. The van der Waals surface area contributed by atoms with Crippen molar-refractivity contribution < 1.29 is 8.42 Å². The fourth-order valence-corrected chi connectivity index (χ4v) is 3.15. The van der Waals surface area contributed by atoms with Crippen LogP contribution in [0.3, 0.4) is 0 Å². The number of nitrogens with zero attached hydrogens (tertiary/aromatic N) is 1. The molecule has 1 aromatic heterocycles. The fraction of sp³-hybridized carbons (Fsp3) is 0.154. The molecule has 1 heterocycles. The van der Waals surface area contributed by atoms with Crippen LogP contribution in [0, 0.1) is 0 Å². The molecule has 0 saturated carbocycles. The largest absolute Gasteiger partial charge is 0.244 e. The Morgan fingerprint density at radius 2 is 1.95 bits per heavy atom. The first-order valence-corrected chi connectivity index (χ1v) is 8.07. The average molecular weight is 331 g/mol. The molecule has 7 heteroatoms. The molecule has 0 saturated heterocycles. The highest BCUT2D eigenvalue weighted by atomic mass is 35.5. The first kappa shape index (κ1) is 15.3. The van der Waals surface area contributed by atoms with Crippen molar-refractivity contribution in [1.82, 2.24) is 9.71 Å². The van der Waals surface area contributed by atoms with Crippen molar-refractivity contribution in [3.05, 3.63) is 58.3 Å². The Kier molecular flexibility index (Phi) is 4.99. The Morgan fingerprint density at radius 1 is 1.15 bits per heavy atom. The van der Waals surface area contributed by atoms with Gasteiger partial charge in [-0.3, -0.25) is 0 Å². The lowest BCUT2D eigenvalue weighted by atomic mass is 10.2. The predicted molar refractivity (Wildman–Crippen MR) is 79.6 cm³/mol. The number of hydrogen-bond donors (Lipinski definition) is 1. The topological polar surface area (TPSA) is 59.1 Å². The molecule has 2 rings (SSSR count). The maximum atomic E-state index is 12.0. The highest BCUT2D eigenvalue weighted by Crippen LogP contribution is 2.13. The minimum absolute atomic E-state index is 0.101. The molecule has 4 nitrogen and oxygen atoms in total. The molecule has 1 N–H and O–H groups in total. The number of aromatic nitrogens is 1. The minimum Gasteiger partial charge on any atom is -0.244 e. The summed E-state index contributed by atoms with van der Waals surface area (Å²) in [4.78, 5) is 3.85. The molecule has 20 heavy (non-hydrogen) atoms. The summed E-state index contributed by atoms with van der Waals surface area (Å²) in [5, 5.41) is 0.772. The van der Waals surface area contributed by atoms with E-state index in [4.69, 9.17) is 23.2 Å². The Morgan fingerprint density at radius 3 is 2.65 bits per heavy atom. The lowest BCUT2D eigenvalue weighted by Gasteiger charge is -2.07. The van der Waals surface area contributed by atoms with Crippen molar-refractivity contribution in [2.75, 3.05) is 6.54 Å². The molecular formula is C13H12Cl2N2O2S. The molecule has 0 amide bonds. The molecule has 0 fully saturated rings. The molecule has 0 aliphatic carbocycles. The highest BCUT2D eigenvalue weighted by molar-refractivity contribution is 7.89. The predicted octanol–water partition coefficient (Wildman–Crippen LogP) is 2.91. The number of benzene rings is 1. The van der Waals surface area contributed by atoms with Gasteiger partial charge in [0.1, 0.15) is 5.15 Å². The zero-order valence-electron chi connectivity index (χ0n) is 10.4. The molecule has 0 spiro atoms. The Bertz CT molecular complexity index is 705. The second-order valence-corrected chi connectivity index (χ2v) is 6.68. The quantitative estimate of drug-likeness (QED) is 0.857. The van der Waals surface area contributed by atoms with Gasteiger partial charge in [0.05, 0.1) is 4.90 Å². The fourth-order valence-electron chi connectivity index (χ4n) is 1.66. The van der Waals surface area contributed by atoms with Crippen LogP contribution in [0.2, 0.25) is 10.2 Å². The van der Waals surface area contributed by atoms with E-state index in [0.29, 0.717) is 11.4 Å². The number of sulfonamides is 1. The second kappa shape index (κ2) is 6.54. The first-order chi connectivity index (χ1) is 9.47. The number of rotatable bonds is 5. The summed E-state index contributed by atoms with van der Waals surface area (Å²) in [5.74, 6) is 0. The maximum Gasteiger partial charge on any atom is 0.240 e. The lowest BCUT2D eigenvalue weighted by molar-refractivity contribution is 0.581. The molecule has 0 atom stereocenters. The van der Waals surface area contributed by atoms with E-state index in [1.807, 2.05) is 12.1 Å². The number of pyridine rings is 1. The second-order valence-electron chi connectivity index (χ2n) is 4.09. The summed E-state index contributed by atoms with van der Waals surface area (Å²) >= 11 is 11.5. The Balaban J connectivity index is 2.00. The van der Waals surface area contributed by atoms with Gasteiger partial charge < -0.3 is 0 Å². The van der Waals surface area contributed by atoms with E-state index in [1.54, 1.807) is 12.1 Å². The molecule has 106 valence electrons. The zero-order valence-corrected chi connectivity index (χ0v) is 12.7. The third kappa shape index (κ3) is 4.18. The molecule has 2 aromatic rings. The summed E-state index contributed by atoms with van der Waals surface area (Å²) in [7, 11) is -3.57. The monoisotopic (exact) mass is 330 g/mol.